The van der Waals surface area contributed by atoms with Gasteiger partial charge in [0.15, 0.2) is 0 Å². The molecule has 0 radical (unpaired) electrons. The number of unbranched alkanes of at least 4 members (excludes halogenated alkanes) is 1. The summed E-state index contributed by atoms with van der Waals surface area (Å²) >= 11 is 0. The normalized spacial score (nSPS) is 12.9. The number of esters is 1. The number of aliphatic hydroxyl groups is 2. The number of hydrogen-bond donors (Lipinski definition) is 2. The molecule has 0 aromatic heterocycles. The molecule has 0 aromatic carbocycles. The minimum atomic E-state index is -0.448. The van der Waals surface area contributed by atoms with Gasteiger partial charge < -0.3 is 14.9 Å². The molecular weight excluding hydrogens is 196 g/mol. The van der Waals surface area contributed by atoms with Crippen LogP contribution in [0.1, 0.15) is 46.0 Å². The van der Waals surface area contributed by atoms with Crippen molar-refractivity contribution in [3.63, 3.8) is 0 Å². The molecule has 0 rings (SSSR count). The second-order valence-electron chi connectivity index (χ2n) is 3.95. The van der Waals surface area contributed by atoms with E-state index in [1.54, 1.807) is 0 Å². The Hall–Kier alpha value is -0.610. The maximum Gasteiger partial charge on any atom is 0.306 e. The van der Waals surface area contributed by atoms with Crippen LogP contribution in [0.3, 0.4) is 0 Å². The first-order valence-corrected chi connectivity index (χ1v) is 5.54. The van der Waals surface area contributed by atoms with Gasteiger partial charge in [0.2, 0.25) is 0 Å². The monoisotopic (exact) mass is 218 g/mol. The first kappa shape index (κ1) is 14.4. The Morgan fingerprint density at radius 2 is 1.93 bits per heavy atom. The number of carbonyl (C=O) groups is 1. The Kier molecular flexibility index (Phi) is 8.33. The van der Waals surface area contributed by atoms with E-state index in [0.29, 0.717) is 19.3 Å². The standard InChI is InChI=1S/C11H22O4/c1-9(2)15-11(14)6-4-3-5-10(13)7-8-12/h9-10,12-13H,3-8H2,1-2H3. The Balaban J connectivity index is 3.34. The van der Waals surface area contributed by atoms with Gasteiger partial charge in [0, 0.05) is 13.0 Å². The summed E-state index contributed by atoms with van der Waals surface area (Å²) in [6.07, 6.45) is 2.46. The lowest BCUT2D eigenvalue weighted by Gasteiger charge is -2.09. The van der Waals surface area contributed by atoms with Crippen molar-refractivity contribution in [2.75, 3.05) is 6.61 Å². The molecule has 90 valence electrons. The summed E-state index contributed by atoms with van der Waals surface area (Å²) in [4.78, 5) is 11.1. The molecule has 0 fully saturated rings. The molecule has 4 nitrogen and oxygen atoms in total. The van der Waals surface area contributed by atoms with Crippen molar-refractivity contribution in [2.45, 2.75) is 58.2 Å². The van der Waals surface area contributed by atoms with Crippen LogP contribution in [0.2, 0.25) is 0 Å². The summed E-state index contributed by atoms with van der Waals surface area (Å²) in [6, 6.07) is 0. The summed E-state index contributed by atoms with van der Waals surface area (Å²) in [7, 11) is 0. The number of carbonyl (C=O) groups excluding carboxylic acids is 1. The molecule has 0 aromatic rings. The second-order valence-corrected chi connectivity index (χ2v) is 3.95. The van der Waals surface area contributed by atoms with Crippen LogP contribution in [0.4, 0.5) is 0 Å². The lowest BCUT2D eigenvalue weighted by atomic mass is 10.1. The second kappa shape index (κ2) is 8.68. The number of aliphatic hydroxyl groups excluding tert-OH is 2. The van der Waals surface area contributed by atoms with E-state index in [2.05, 4.69) is 0 Å². The number of ether oxygens (including phenoxy) is 1. The van der Waals surface area contributed by atoms with E-state index < -0.39 is 6.10 Å². The van der Waals surface area contributed by atoms with Gasteiger partial charge in [0.1, 0.15) is 0 Å². The van der Waals surface area contributed by atoms with Crippen LogP contribution in [0, 0.1) is 0 Å². The summed E-state index contributed by atoms with van der Waals surface area (Å²) in [5, 5.41) is 17.8. The van der Waals surface area contributed by atoms with E-state index in [1.807, 2.05) is 13.8 Å². The van der Waals surface area contributed by atoms with Gasteiger partial charge in [0.25, 0.3) is 0 Å². The van der Waals surface area contributed by atoms with Crippen LogP contribution in [0.15, 0.2) is 0 Å². The van der Waals surface area contributed by atoms with Crippen LogP contribution < -0.4 is 0 Å². The highest BCUT2D eigenvalue weighted by molar-refractivity contribution is 5.69. The smallest absolute Gasteiger partial charge is 0.306 e. The quantitative estimate of drug-likeness (QED) is 0.475. The van der Waals surface area contributed by atoms with E-state index in [9.17, 15) is 9.90 Å². The molecule has 2 N–H and O–H groups in total. The minimum absolute atomic E-state index is 0.0105. The highest BCUT2D eigenvalue weighted by Crippen LogP contribution is 2.07. The van der Waals surface area contributed by atoms with Crippen molar-refractivity contribution in [2.24, 2.45) is 0 Å². The molecule has 1 atom stereocenters. The van der Waals surface area contributed by atoms with E-state index in [1.165, 1.54) is 0 Å². The molecule has 0 aliphatic rings. The zero-order valence-corrected chi connectivity index (χ0v) is 9.61. The van der Waals surface area contributed by atoms with Crippen molar-refractivity contribution in [3.8, 4) is 0 Å². The molecule has 0 spiro atoms. The highest BCUT2D eigenvalue weighted by atomic mass is 16.5. The fraction of sp³-hybridized carbons (Fsp3) is 0.909. The van der Waals surface area contributed by atoms with Crippen LogP contribution in [-0.2, 0) is 9.53 Å². The van der Waals surface area contributed by atoms with Crippen molar-refractivity contribution < 1.29 is 19.7 Å². The van der Waals surface area contributed by atoms with Gasteiger partial charge in [-0.3, -0.25) is 4.79 Å². The van der Waals surface area contributed by atoms with Crippen molar-refractivity contribution in [3.05, 3.63) is 0 Å². The van der Waals surface area contributed by atoms with E-state index in [-0.39, 0.29) is 18.7 Å². The summed E-state index contributed by atoms with van der Waals surface area (Å²) in [5.74, 6) is -0.179. The fourth-order valence-corrected chi connectivity index (χ4v) is 1.26. The molecule has 4 heteroatoms. The third-order valence-corrected chi connectivity index (χ3v) is 2.00. The van der Waals surface area contributed by atoms with Crippen molar-refractivity contribution >= 4 is 5.97 Å². The predicted octanol–water partition coefficient (Wildman–Crippen LogP) is 1.24. The predicted molar refractivity (Wildman–Crippen MR) is 57.4 cm³/mol. The Morgan fingerprint density at radius 3 is 2.47 bits per heavy atom. The molecule has 1 unspecified atom stereocenters. The lowest BCUT2D eigenvalue weighted by Crippen LogP contribution is -2.12. The molecule has 15 heavy (non-hydrogen) atoms. The maximum absolute atomic E-state index is 11.1. The Labute approximate surface area is 91.3 Å². The van der Waals surface area contributed by atoms with Gasteiger partial charge in [-0.15, -0.1) is 0 Å². The largest absolute Gasteiger partial charge is 0.463 e. The average molecular weight is 218 g/mol. The topological polar surface area (TPSA) is 66.8 Å². The van der Waals surface area contributed by atoms with E-state index in [4.69, 9.17) is 9.84 Å². The van der Waals surface area contributed by atoms with Gasteiger partial charge in [-0.25, -0.2) is 0 Å². The van der Waals surface area contributed by atoms with Crippen molar-refractivity contribution in [1.29, 1.82) is 0 Å². The van der Waals surface area contributed by atoms with Gasteiger partial charge >= 0.3 is 5.97 Å². The zero-order chi connectivity index (χ0) is 11.7. The summed E-state index contributed by atoms with van der Waals surface area (Å²) in [5.41, 5.74) is 0. The maximum atomic E-state index is 11.1. The molecule has 0 amide bonds. The minimum Gasteiger partial charge on any atom is -0.463 e. The third-order valence-electron chi connectivity index (χ3n) is 2.00. The molecule has 0 saturated heterocycles. The number of hydrogen-bond acceptors (Lipinski definition) is 4. The molecule has 0 saturated carbocycles. The average Bonchev–Trinajstić information content (AvgIpc) is 2.12. The zero-order valence-electron chi connectivity index (χ0n) is 9.61. The fourth-order valence-electron chi connectivity index (χ4n) is 1.26. The summed E-state index contributed by atoms with van der Waals surface area (Å²) < 4.78 is 4.96. The van der Waals surface area contributed by atoms with E-state index >= 15 is 0 Å². The van der Waals surface area contributed by atoms with Gasteiger partial charge in [-0.2, -0.15) is 0 Å². The SMILES string of the molecule is CC(C)OC(=O)CCCCC(O)CCO. The Bertz CT molecular complexity index is 168. The van der Waals surface area contributed by atoms with E-state index in [0.717, 1.165) is 12.8 Å². The Morgan fingerprint density at radius 1 is 1.27 bits per heavy atom. The molecular formula is C11H22O4. The highest BCUT2D eigenvalue weighted by Gasteiger charge is 2.06. The molecule has 0 aliphatic carbocycles. The van der Waals surface area contributed by atoms with Gasteiger partial charge in [-0.1, -0.05) is 6.42 Å². The summed E-state index contributed by atoms with van der Waals surface area (Å²) in [6.45, 7) is 3.66. The molecule has 0 bridgehead atoms. The third kappa shape index (κ3) is 9.69. The van der Waals surface area contributed by atoms with Crippen LogP contribution >= 0.6 is 0 Å². The number of rotatable bonds is 8. The van der Waals surface area contributed by atoms with Gasteiger partial charge in [-0.05, 0) is 33.1 Å². The van der Waals surface area contributed by atoms with Crippen LogP contribution in [0.5, 0.6) is 0 Å². The lowest BCUT2D eigenvalue weighted by molar-refractivity contribution is -0.147. The first-order chi connectivity index (χ1) is 7.06. The van der Waals surface area contributed by atoms with Gasteiger partial charge in [0.05, 0.1) is 12.2 Å². The molecule has 0 heterocycles. The first-order valence-electron chi connectivity index (χ1n) is 5.54. The molecule has 0 aliphatic heterocycles. The van der Waals surface area contributed by atoms with Crippen LogP contribution in [-0.4, -0.2) is 35.0 Å². The van der Waals surface area contributed by atoms with Crippen molar-refractivity contribution in [1.82, 2.24) is 0 Å². The van der Waals surface area contributed by atoms with Crippen LogP contribution in [0.25, 0.3) is 0 Å².